The van der Waals surface area contributed by atoms with Gasteiger partial charge >= 0.3 is 5.97 Å². The van der Waals surface area contributed by atoms with Gasteiger partial charge in [-0.2, -0.15) is 0 Å². The van der Waals surface area contributed by atoms with Crippen LogP contribution in [-0.2, 0) is 0 Å². The molecule has 4 nitrogen and oxygen atoms in total. The number of rotatable bonds is 1. The lowest BCUT2D eigenvalue weighted by Crippen LogP contribution is -1.99. The molecule has 0 aliphatic heterocycles. The summed E-state index contributed by atoms with van der Waals surface area (Å²) in [5.74, 6) is -0.995. The lowest BCUT2D eigenvalue weighted by molar-refractivity contribution is 0.0691. The van der Waals surface area contributed by atoms with Crippen LogP contribution < -0.4 is 0 Å². The van der Waals surface area contributed by atoms with E-state index in [4.69, 9.17) is 6.48 Å². The summed E-state index contributed by atoms with van der Waals surface area (Å²) in [6, 6.07) is 22.1. The third-order valence-electron chi connectivity index (χ3n) is 3.28. The maximum atomic E-state index is 10.6. The normalized spacial score (nSPS) is 10.7. The number of benzene rings is 2. The summed E-state index contributed by atoms with van der Waals surface area (Å²) in [6.07, 6.45) is 0.323. The minimum Gasteiger partial charge on any atom is -0.477 e. The first-order chi connectivity index (χ1) is 11.6. The van der Waals surface area contributed by atoms with Gasteiger partial charge in [0.15, 0.2) is 0 Å². The summed E-state index contributed by atoms with van der Waals surface area (Å²) < 4.78 is 7.27. The Hall–Kier alpha value is -3.27. The topological polar surface area (TPSA) is 63.1 Å². The Morgan fingerprint density at radius 2 is 1.43 bits per heavy atom. The molecular formula is C19H14N2O2. The van der Waals surface area contributed by atoms with E-state index in [1.54, 1.807) is 18.2 Å². The fraction of sp³-hybridized carbons (Fsp3) is 0. The molecule has 1 N–H and O–H groups in total. The number of nitrogens with zero attached hydrogens (tertiary/aromatic N) is 2. The van der Waals surface area contributed by atoms with Crippen LogP contribution in [0.15, 0.2) is 79.0 Å². The van der Waals surface area contributed by atoms with E-state index in [-0.39, 0.29) is 5.69 Å². The quantitative estimate of drug-likeness (QED) is 0.573. The van der Waals surface area contributed by atoms with Gasteiger partial charge in [0, 0.05) is 16.9 Å². The first-order valence-electron chi connectivity index (χ1n) is 7.55. The van der Waals surface area contributed by atoms with Crippen molar-refractivity contribution >= 4 is 27.8 Å². The zero-order valence-corrected chi connectivity index (χ0v) is 12.2. The third kappa shape index (κ3) is 3.49. The lowest BCUT2D eigenvalue weighted by atomic mass is 10.2. The fourth-order valence-corrected chi connectivity index (χ4v) is 2.15. The van der Waals surface area contributed by atoms with Gasteiger partial charge in [0.2, 0.25) is 0 Å². The number of aromatic nitrogens is 2. The molecule has 0 unspecified atom stereocenters. The van der Waals surface area contributed by atoms with Gasteiger partial charge < -0.3 is 5.11 Å². The molecular weight excluding hydrogens is 288 g/mol. The Kier molecular flexibility index (Phi) is 3.88. The first-order valence-corrected chi connectivity index (χ1v) is 7.05. The van der Waals surface area contributed by atoms with E-state index in [0.29, 0.717) is 11.7 Å². The van der Waals surface area contributed by atoms with Crippen LogP contribution >= 0.6 is 0 Å². The Bertz CT molecular complexity index is 1020. The Morgan fingerprint density at radius 3 is 2.17 bits per heavy atom. The van der Waals surface area contributed by atoms with E-state index >= 15 is 0 Å². The molecule has 4 rings (SSSR count). The number of para-hydroxylation sites is 2. The Labute approximate surface area is 134 Å². The Morgan fingerprint density at radius 1 is 0.826 bits per heavy atom. The summed E-state index contributed by atoms with van der Waals surface area (Å²) >= 11 is 0. The van der Waals surface area contributed by atoms with E-state index in [2.05, 4.69) is 9.97 Å². The number of carboxylic acids is 1. The van der Waals surface area contributed by atoms with Crippen molar-refractivity contribution in [1.82, 2.24) is 9.97 Å². The van der Waals surface area contributed by atoms with Gasteiger partial charge in [-0.1, -0.05) is 48.5 Å². The van der Waals surface area contributed by atoms with E-state index in [0.717, 1.165) is 16.3 Å². The van der Waals surface area contributed by atoms with Crippen molar-refractivity contribution in [1.29, 1.82) is 0 Å². The molecule has 2 heterocycles. The van der Waals surface area contributed by atoms with Crippen molar-refractivity contribution in [3.63, 3.8) is 0 Å². The van der Waals surface area contributed by atoms with Gasteiger partial charge in [0.1, 0.15) is 5.69 Å². The largest absolute Gasteiger partial charge is 0.477 e. The molecule has 0 amide bonds. The molecule has 0 saturated carbocycles. The van der Waals surface area contributed by atoms with Crippen LogP contribution in [0.3, 0.4) is 0 Å². The van der Waals surface area contributed by atoms with Crippen LogP contribution in [-0.4, -0.2) is 21.0 Å². The number of pyridine rings is 2. The molecule has 0 aliphatic carbocycles. The molecule has 2 aromatic carbocycles. The zero-order chi connectivity index (χ0) is 16.9. The number of fused-ring (bicyclic) bond motifs is 2. The van der Waals surface area contributed by atoms with Crippen molar-refractivity contribution in [2.24, 2.45) is 0 Å². The molecule has 2 aromatic heterocycles. The van der Waals surface area contributed by atoms with Crippen molar-refractivity contribution in [2.45, 2.75) is 0 Å². The molecule has 0 radical (unpaired) electrons. The number of hydrogen-bond acceptors (Lipinski definition) is 3. The second kappa shape index (κ2) is 6.66. The molecule has 0 bridgehead atoms. The highest BCUT2D eigenvalue weighted by Gasteiger charge is 2.03. The fourth-order valence-electron chi connectivity index (χ4n) is 2.15. The smallest absolute Gasteiger partial charge is 0.354 e. The first kappa shape index (κ1) is 13.4. The van der Waals surface area contributed by atoms with Gasteiger partial charge in [-0.25, -0.2) is 9.78 Å². The molecule has 0 spiro atoms. The Balaban J connectivity index is 0.000000143. The molecule has 0 aliphatic rings. The van der Waals surface area contributed by atoms with E-state index < -0.39 is 5.97 Å². The van der Waals surface area contributed by atoms with Crippen LogP contribution in [0.25, 0.3) is 21.8 Å². The minimum absolute atomic E-state index is 0.0821. The predicted octanol–water partition coefficient (Wildman–Crippen LogP) is 4.17. The van der Waals surface area contributed by atoms with Gasteiger partial charge in [0.05, 0.1) is 12.4 Å². The number of hydrogen-bond donors (Lipinski definition) is 1. The molecule has 4 heteroatoms. The maximum Gasteiger partial charge on any atom is 0.354 e. The average molecular weight is 303 g/mol. The van der Waals surface area contributed by atoms with Crippen molar-refractivity contribution in [2.75, 3.05) is 0 Å². The molecule has 112 valence electrons. The van der Waals surface area contributed by atoms with E-state index in [1.165, 1.54) is 6.07 Å². The summed E-state index contributed by atoms with van der Waals surface area (Å²) in [5, 5.41) is 10.7. The third-order valence-corrected chi connectivity index (χ3v) is 3.28. The van der Waals surface area contributed by atoms with Gasteiger partial charge in [-0.05, 0) is 24.3 Å². The van der Waals surface area contributed by atoms with Crippen LogP contribution in [0, 0.1) is 0 Å². The summed E-state index contributed by atoms with van der Waals surface area (Å²) in [4.78, 5) is 18.6. The SMILES string of the molecule is O=C(O)c1ccc2ccccc2n1.[2H]c1ccc2ccccc2n1. The number of carboxylic acid groups (broad SMARTS) is 1. The second-order valence-corrected chi connectivity index (χ2v) is 4.83. The van der Waals surface area contributed by atoms with Crippen LogP contribution in [0.4, 0.5) is 0 Å². The molecule has 0 saturated heterocycles. The summed E-state index contributed by atoms with van der Waals surface area (Å²) in [5.41, 5.74) is 1.68. The highest BCUT2D eigenvalue weighted by molar-refractivity contribution is 5.89. The maximum absolute atomic E-state index is 10.6. The second-order valence-electron chi connectivity index (χ2n) is 4.83. The molecule has 0 atom stereocenters. The van der Waals surface area contributed by atoms with E-state index in [1.807, 2.05) is 48.5 Å². The average Bonchev–Trinajstić information content (AvgIpc) is 2.61. The summed E-state index contributed by atoms with van der Waals surface area (Å²) in [7, 11) is 0. The predicted molar refractivity (Wildman–Crippen MR) is 90.4 cm³/mol. The molecule has 23 heavy (non-hydrogen) atoms. The van der Waals surface area contributed by atoms with Crippen molar-refractivity contribution < 1.29 is 11.3 Å². The van der Waals surface area contributed by atoms with Crippen LogP contribution in [0.1, 0.15) is 11.9 Å². The van der Waals surface area contributed by atoms with Crippen LogP contribution in [0.2, 0.25) is 0 Å². The summed E-state index contributed by atoms with van der Waals surface area (Å²) in [6.45, 7) is 0. The monoisotopic (exact) mass is 303 g/mol. The molecule has 4 aromatic rings. The van der Waals surface area contributed by atoms with Crippen molar-refractivity contribution in [3.8, 4) is 0 Å². The highest BCUT2D eigenvalue weighted by Crippen LogP contribution is 2.11. The standard InChI is InChI=1S/C10H7NO2.C9H7N/c12-10(13)9-6-5-7-3-1-2-4-8(7)11-9;1-2-6-9-8(4-1)5-3-7-10-9/h1-6H,(H,12,13);1-7H/i;7D. The highest BCUT2D eigenvalue weighted by atomic mass is 16.4. The molecule has 0 fully saturated rings. The van der Waals surface area contributed by atoms with Gasteiger partial charge in [-0.3, -0.25) is 4.98 Å². The van der Waals surface area contributed by atoms with Crippen molar-refractivity contribution in [3.05, 3.63) is 84.7 Å². The lowest BCUT2D eigenvalue weighted by Gasteiger charge is -1.97. The van der Waals surface area contributed by atoms with Gasteiger partial charge in [0.25, 0.3) is 0 Å². The number of carbonyl (C=O) groups is 1. The number of aromatic carboxylic acids is 1. The van der Waals surface area contributed by atoms with Crippen LogP contribution in [0.5, 0.6) is 0 Å². The minimum atomic E-state index is -0.995. The van der Waals surface area contributed by atoms with E-state index in [9.17, 15) is 4.79 Å². The zero-order valence-electron chi connectivity index (χ0n) is 13.2. The van der Waals surface area contributed by atoms with Gasteiger partial charge in [-0.15, -0.1) is 0 Å².